The molecule has 11 N–H and O–H groups in total. The van der Waals surface area contributed by atoms with Crippen molar-refractivity contribution in [2.75, 3.05) is 13.2 Å². The molecule has 3 fully saturated rings. The van der Waals surface area contributed by atoms with Crippen LogP contribution in [0.5, 0.6) is 0 Å². The molecule has 0 aliphatic carbocycles. The third kappa shape index (κ3) is 7.71. The molecule has 258 valence electrons. The highest BCUT2D eigenvalue weighted by Gasteiger charge is 2.66. The fourth-order valence-electron chi connectivity index (χ4n) is 6.26. The molecular formula is C28H51NO15. The average Bonchev–Trinajstić information content (AvgIpc) is 2.99. The molecule has 44 heavy (non-hydrogen) atoms. The van der Waals surface area contributed by atoms with Crippen LogP contribution in [0.3, 0.4) is 0 Å². The van der Waals surface area contributed by atoms with Crippen LogP contribution >= 0.6 is 0 Å². The van der Waals surface area contributed by atoms with Gasteiger partial charge < -0.3 is 75.3 Å². The Kier molecular flexibility index (Phi) is 13.7. The third-order valence-corrected chi connectivity index (χ3v) is 8.88. The topological polar surface area (TPSA) is 268 Å². The Morgan fingerprint density at radius 1 is 0.864 bits per heavy atom. The number of rotatable bonds is 13. The van der Waals surface area contributed by atoms with Gasteiger partial charge in [-0.25, -0.2) is 0 Å². The smallest absolute Gasteiger partial charge is 0.217 e. The van der Waals surface area contributed by atoms with Crippen LogP contribution in [-0.2, 0) is 23.7 Å². The van der Waals surface area contributed by atoms with Gasteiger partial charge in [0.1, 0.15) is 78.8 Å². The third-order valence-electron chi connectivity index (χ3n) is 8.88. The zero-order valence-electron chi connectivity index (χ0n) is 25.3. The summed E-state index contributed by atoms with van der Waals surface area (Å²) in [7, 11) is 0. The summed E-state index contributed by atoms with van der Waals surface area (Å²) in [5, 5.41) is 111. The Morgan fingerprint density at radius 2 is 1.50 bits per heavy atom. The molecular weight excluding hydrogens is 590 g/mol. The second-order valence-corrected chi connectivity index (χ2v) is 12.1. The van der Waals surface area contributed by atoms with Gasteiger partial charge in [-0.3, -0.25) is 4.79 Å². The van der Waals surface area contributed by atoms with Gasteiger partial charge in [0.25, 0.3) is 0 Å². The van der Waals surface area contributed by atoms with E-state index in [1.165, 1.54) is 6.92 Å². The van der Waals surface area contributed by atoms with Gasteiger partial charge in [-0.1, -0.05) is 39.0 Å². The molecule has 16 nitrogen and oxygen atoms in total. The van der Waals surface area contributed by atoms with Crippen molar-refractivity contribution >= 4 is 5.91 Å². The van der Waals surface area contributed by atoms with Crippen molar-refractivity contribution in [2.24, 2.45) is 0 Å². The summed E-state index contributed by atoms with van der Waals surface area (Å²) >= 11 is 0. The fraction of sp³-hybridized carbons (Fsp3) is 0.964. The van der Waals surface area contributed by atoms with Crippen LogP contribution in [-0.4, -0.2) is 167 Å². The van der Waals surface area contributed by atoms with Gasteiger partial charge in [0, 0.05) is 13.5 Å². The zero-order chi connectivity index (χ0) is 32.9. The predicted octanol–water partition coefficient (Wildman–Crippen LogP) is -4.24. The second-order valence-electron chi connectivity index (χ2n) is 12.1. The van der Waals surface area contributed by atoms with E-state index < -0.39 is 110 Å². The van der Waals surface area contributed by atoms with E-state index in [0.717, 1.165) is 39.0 Å². The number of aliphatic hydroxyl groups is 10. The molecule has 0 spiro atoms. The maximum atomic E-state index is 12.1. The van der Waals surface area contributed by atoms with Gasteiger partial charge in [0.05, 0.1) is 18.8 Å². The number of hydrogen-bond acceptors (Lipinski definition) is 15. The second kappa shape index (κ2) is 16.1. The first kappa shape index (κ1) is 37.4. The lowest BCUT2D eigenvalue weighted by molar-refractivity contribution is -0.360. The molecule has 0 aromatic heterocycles. The highest BCUT2D eigenvalue weighted by Crippen LogP contribution is 2.42. The molecule has 0 radical (unpaired) electrons. The SMILES string of the molecule is CCCCCCCCO[C@H]1O[C@H](C(O)[C@@H]2O[C@H](C)[C@@H](O)[C@H](O)[C@@]2(O)[C@@H]2O[C@H](CO)[C@@H](O)[C@H](O)[C@@H]2NC(C)=O)[C@@H](O)[C@H](O)[C@H]1O. The molecule has 1 unspecified atom stereocenters. The van der Waals surface area contributed by atoms with Crippen molar-refractivity contribution in [2.45, 2.75) is 157 Å². The van der Waals surface area contributed by atoms with Gasteiger partial charge in [0.15, 0.2) is 6.29 Å². The van der Waals surface area contributed by atoms with Gasteiger partial charge in [-0.15, -0.1) is 0 Å². The Bertz CT molecular complexity index is 901. The summed E-state index contributed by atoms with van der Waals surface area (Å²) in [6.07, 6.45) is -19.7. The molecule has 0 saturated carbocycles. The standard InChI is InChI=1S/C28H51NO15/c1-4-5-6-7-8-9-10-41-27-21(37)19(35)20(36)23(44-27)22(38)26-28(40,24(39)16(32)12(2)42-26)25-15(29-13(3)31)18(34)17(33)14(11-30)43-25/h12,14-27,30,32-40H,4-11H2,1-3H3,(H,29,31)/t12-,14-,15+,16-,17-,18-,19+,20+,21-,22?,23+,24+,25-,26+,27+,28-/m1/s1. The van der Waals surface area contributed by atoms with Gasteiger partial charge in [0.2, 0.25) is 5.91 Å². The van der Waals surface area contributed by atoms with Crippen molar-refractivity contribution in [3.8, 4) is 0 Å². The molecule has 3 heterocycles. The first-order valence-corrected chi connectivity index (χ1v) is 15.3. The summed E-state index contributed by atoms with van der Waals surface area (Å²) in [5.41, 5.74) is -2.91. The number of hydrogen-bond donors (Lipinski definition) is 11. The quantitative estimate of drug-likeness (QED) is 0.0851. The van der Waals surface area contributed by atoms with Crippen LogP contribution < -0.4 is 5.32 Å². The monoisotopic (exact) mass is 641 g/mol. The molecule has 0 bridgehead atoms. The number of carbonyl (C=O) groups is 1. The van der Waals surface area contributed by atoms with Crippen molar-refractivity contribution in [3.05, 3.63) is 0 Å². The van der Waals surface area contributed by atoms with Gasteiger partial charge >= 0.3 is 0 Å². The Labute approximate surface area is 256 Å². The van der Waals surface area contributed by atoms with Crippen molar-refractivity contribution in [1.82, 2.24) is 5.32 Å². The van der Waals surface area contributed by atoms with Crippen molar-refractivity contribution in [3.63, 3.8) is 0 Å². The number of unbranched alkanes of at least 4 members (excludes halogenated alkanes) is 5. The number of nitrogens with one attached hydrogen (secondary N) is 1. The largest absolute Gasteiger partial charge is 0.394 e. The van der Waals surface area contributed by atoms with E-state index in [0.29, 0.717) is 6.42 Å². The molecule has 3 saturated heterocycles. The summed E-state index contributed by atoms with van der Waals surface area (Å²) in [4.78, 5) is 12.0. The molecule has 16 heteroatoms. The first-order valence-electron chi connectivity index (χ1n) is 15.3. The lowest BCUT2D eigenvalue weighted by Crippen LogP contribution is -2.80. The minimum atomic E-state index is -2.91. The zero-order valence-corrected chi connectivity index (χ0v) is 25.3. The fourth-order valence-corrected chi connectivity index (χ4v) is 6.26. The molecule has 3 rings (SSSR count). The van der Waals surface area contributed by atoms with E-state index >= 15 is 0 Å². The molecule has 3 aliphatic rings. The van der Waals surface area contributed by atoms with Gasteiger partial charge in [-0.2, -0.15) is 0 Å². The molecule has 0 aromatic carbocycles. The van der Waals surface area contributed by atoms with Crippen molar-refractivity contribution < 1.29 is 74.8 Å². The summed E-state index contributed by atoms with van der Waals surface area (Å²) in [5.74, 6) is -0.744. The summed E-state index contributed by atoms with van der Waals surface area (Å²) < 4.78 is 22.7. The summed E-state index contributed by atoms with van der Waals surface area (Å²) in [6, 6.07) is -1.66. The number of ether oxygens (including phenoxy) is 4. The maximum Gasteiger partial charge on any atom is 0.217 e. The van der Waals surface area contributed by atoms with Crippen molar-refractivity contribution in [1.29, 1.82) is 0 Å². The van der Waals surface area contributed by atoms with E-state index in [-0.39, 0.29) is 6.61 Å². The maximum absolute atomic E-state index is 12.1. The Balaban J connectivity index is 1.91. The van der Waals surface area contributed by atoms with Crippen LogP contribution in [0, 0.1) is 0 Å². The number of amides is 1. The Hall–Kier alpha value is -1.09. The molecule has 16 atom stereocenters. The lowest BCUT2D eigenvalue weighted by Gasteiger charge is -2.57. The highest BCUT2D eigenvalue weighted by molar-refractivity contribution is 5.73. The van der Waals surface area contributed by atoms with Gasteiger partial charge in [-0.05, 0) is 13.3 Å². The van der Waals surface area contributed by atoms with E-state index in [1.54, 1.807) is 0 Å². The van der Waals surface area contributed by atoms with E-state index in [1.807, 2.05) is 0 Å². The number of aliphatic hydroxyl groups excluding tert-OH is 9. The van der Waals surface area contributed by atoms with E-state index in [4.69, 9.17) is 18.9 Å². The summed E-state index contributed by atoms with van der Waals surface area (Å²) in [6.45, 7) is 3.74. The molecule has 3 aliphatic heterocycles. The molecule has 1 amide bonds. The van der Waals surface area contributed by atoms with E-state index in [9.17, 15) is 55.9 Å². The first-order chi connectivity index (χ1) is 20.7. The predicted molar refractivity (Wildman–Crippen MR) is 149 cm³/mol. The minimum Gasteiger partial charge on any atom is -0.394 e. The normalized spacial score (nSPS) is 45.6. The van der Waals surface area contributed by atoms with Crippen LogP contribution in [0.2, 0.25) is 0 Å². The lowest BCUT2D eigenvalue weighted by atomic mass is 9.70. The average molecular weight is 642 g/mol. The van der Waals surface area contributed by atoms with E-state index in [2.05, 4.69) is 12.2 Å². The van der Waals surface area contributed by atoms with Crippen LogP contribution in [0.15, 0.2) is 0 Å². The Morgan fingerprint density at radius 3 is 2.11 bits per heavy atom. The van der Waals surface area contributed by atoms with Crippen LogP contribution in [0.25, 0.3) is 0 Å². The van der Waals surface area contributed by atoms with Crippen LogP contribution in [0.1, 0.15) is 59.3 Å². The minimum absolute atomic E-state index is 0.127. The highest BCUT2D eigenvalue weighted by atomic mass is 16.7. The molecule has 0 aromatic rings. The number of carbonyl (C=O) groups excluding carboxylic acids is 1. The van der Waals surface area contributed by atoms with Crippen LogP contribution in [0.4, 0.5) is 0 Å².